The lowest BCUT2D eigenvalue weighted by Gasteiger charge is -2.24. The van der Waals surface area contributed by atoms with Gasteiger partial charge in [-0.2, -0.15) is 0 Å². The van der Waals surface area contributed by atoms with Crippen molar-refractivity contribution in [2.75, 3.05) is 19.8 Å². The zero-order valence-electron chi connectivity index (χ0n) is 9.00. The van der Waals surface area contributed by atoms with E-state index in [0.717, 1.165) is 5.56 Å². The normalized spacial score (nSPS) is 15.9. The number of ether oxygens (including phenoxy) is 2. The van der Waals surface area contributed by atoms with Gasteiger partial charge in [0.25, 0.3) is 0 Å². The molecule has 1 heterocycles. The number of benzene rings is 1. The molecule has 1 aromatic carbocycles. The molecular weight excluding hydrogens is 230 g/mol. The van der Waals surface area contributed by atoms with Gasteiger partial charge in [0, 0.05) is 11.6 Å². The lowest BCUT2D eigenvalue weighted by molar-refractivity contribution is 0.168. The highest BCUT2D eigenvalue weighted by molar-refractivity contribution is 6.33. The van der Waals surface area contributed by atoms with Crippen molar-refractivity contribution in [3.8, 4) is 17.2 Å². The molecule has 1 aliphatic heterocycles. The molecule has 1 atom stereocenters. The molecule has 0 saturated carbocycles. The van der Waals surface area contributed by atoms with Gasteiger partial charge < -0.3 is 20.3 Å². The summed E-state index contributed by atoms with van der Waals surface area (Å²) in [5, 5.41) is 9.99. The summed E-state index contributed by atoms with van der Waals surface area (Å²) < 4.78 is 10.9. The van der Waals surface area contributed by atoms with Crippen LogP contribution in [0.3, 0.4) is 0 Å². The van der Waals surface area contributed by atoms with Crippen LogP contribution in [0.2, 0.25) is 5.02 Å². The summed E-state index contributed by atoms with van der Waals surface area (Å²) in [6.45, 7) is 3.32. The number of hydrogen-bond acceptors (Lipinski definition) is 4. The Kier molecular flexibility index (Phi) is 3.12. The summed E-state index contributed by atoms with van der Waals surface area (Å²) in [6, 6.07) is 1.48. The summed E-state index contributed by atoms with van der Waals surface area (Å²) in [4.78, 5) is 0. The van der Waals surface area contributed by atoms with Crippen molar-refractivity contribution in [3.05, 3.63) is 16.7 Å². The summed E-state index contributed by atoms with van der Waals surface area (Å²) in [7, 11) is 0. The van der Waals surface area contributed by atoms with E-state index in [1.807, 2.05) is 6.92 Å². The fourth-order valence-electron chi connectivity index (χ4n) is 1.73. The van der Waals surface area contributed by atoms with E-state index in [0.29, 0.717) is 36.3 Å². The van der Waals surface area contributed by atoms with Crippen LogP contribution in [0.4, 0.5) is 0 Å². The van der Waals surface area contributed by atoms with E-state index in [2.05, 4.69) is 0 Å². The highest BCUT2D eigenvalue weighted by Crippen LogP contribution is 2.46. The van der Waals surface area contributed by atoms with Crippen molar-refractivity contribution in [2.45, 2.75) is 12.8 Å². The summed E-state index contributed by atoms with van der Waals surface area (Å²) in [6.07, 6.45) is 0. The first-order chi connectivity index (χ1) is 7.65. The van der Waals surface area contributed by atoms with Gasteiger partial charge in [-0.05, 0) is 12.5 Å². The third-order valence-corrected chi connectivity index (χ3v) is 3.03. The Balaban J connectivity index is 2.59. The summed E-state index contributed by atoms with van der Waals surface area (Å²) in [5.41, 5.74) is 6.34. The minimum atomic E-state index is 0.00113. The molecule has 0 aromatic heterocycles. The van der Waals surface area contributed by atoms with Gasteiger partial charge in [0.15, 0.2) is 11.5 Å². The van der Waals surface area contributed by atoms with Gasteiger partial charge in [-0.25, -0.2) is 0 Å². The SMILES string of the molecule is CC(CN)c1c(Cl)c(O)cc2c1OCCO2. The first-order valence-electron chi connectivity index (χ1n) is 5.16. The standard InChI is InChI=1S/C11H14ClNO3/c1-6(5-13)9-10(12)7(14)4-8-11(9)16-3-2-15-8/h4,6,14H,2-3,5,13H2,1H3. The molecule has 0 aliphatic carbocycles. The predicted molar refractivity (Wildman–Crippen MR) is 61.6 cm³/mol. The number of fused-ring (bicyclic) bond motifs is 1. The maximum atomic E-state index is 9.69. The van der Waals surface area contributed by atoms with Crippen LogP contribution < -0.4 is 15.2 Å². The minimum absolute atomic E-state index is 0.00113. The lowest BCUT2D eigenvalue weighted by atomic mass is 9.99. The van der Waals surface area contributed by atoms with E-state index in [1.54, 1.807) is 0 Å². The van der Waals surface area contributed by atoms with Crippen LogP contribution in [0.5, 0.6) is 17.2 Å². The average Bonchev–Trinajstić information content (AvgIpc) is 2.30. The fourth-order valence-corrected chi connectivity index (χ4v) is 2.06. The van der Waals surface area contributed by atoms with Crippen LogP contribution in [0.15, 0.2) is 6.07 Å². The number of halogens is 1. The Bertz CT molecular complexity index is 409. The molecule has 0 fully saturated rings. The number of phenols is 1. The third kappa shape index (κ3) is 1.79. The van der Waals surface area contributed by atoms with Gasteiger partial charge in [-0.1, -0.05) is 18.5 Å². The maximum Gasteiger partial charge on any atom is 0.166 e. The van der Waals surface area contributed by atoms with Crippen LogP contribution in [0.1, 0.15) is 18.4 Å². The Morgan fingerprint density at radius 3 is 2.88 bits per heavy atom. The molecule has 0 amide bonds. The summed E-state index contributed by atoms with van der Waals surface area (Å²) in [5.74, 6) is 1.15. The molecule has 1 aliphatic rings. The zero-order valence-corrected chi connectivity index (χ0v) is 9.75. The van der Waals surface area contributed by atoms with E-state index in [1.165, 1.54) is 6.07 Å². The Morgan fingerprint density at radius 1 is 1.50 bits per heavy atom. The number of phenolic OH excluding ortho intramolecular Hbond substituents is 1. The number of hydrogen-bond donors (Lipinski definition) is 2. The van der Waals surface area contributed by atoms with Crippen molar-refractivity contribution >= 4 is 11.6 Å². The second kappa shape index (κ2) is 4.39. The average molecular weight is 244 g/mol. The molecule has 1 aromatic rings. The molecule has 16 heavy (non-hydrogen) atoms. The van der Waals surface area contributed by atoms with Crippen LogP contribution in [-0.2, 0) is 0 Å². The first kappa shape index (κ1) is 11.4. The van der Waals surface area contributed by atoms with E-state index in [9.17, 15) is 5.11 Å². The van der Waals surface area contributed by atoms with Crippen molar-refractivity contribution in [3.63, 3.8) is 0 Å². The van der Waals surface area contributed by atoms with Gasteiger partial charge in [-0.3, -0.25) is 0 Å². The molecule has 0 saturated heterocycles. The van der Waals surface area contributed by atoms with E-state index in [4.69, 9.17) is 26.8 Å². The van der Waals surface area contributed by atoms with Gasteiger partial charge in [0.1, 0.15) is 19.0 Å². The zero-order chi connectivity index (χ0) is 11.7. The second-order valence-corrected chi connectivity index (χ2v) is 4.16. The van der Waals surface area contributed by atoms with Crippen molar-refractivity contribution < 1.29 is 14.6 Å². The van der Waals surface area contributed by atoms with Gasteiger partial charge >= 0.3 is 0 Å². The number of aromatic hydroxyl groups is 1. The molecular formula is C11H14ClNO3. The molecule has 0 spiro atoms. The predicted octanol–water partition coefficient (Wildman–Crippen LogP) is 1.88. The third-order valence-electron chi connectivity index (χ3n) is 2.63. The fraction of sp³-hybridized carbons (Fsp3) is 0.455. The molecule has 1 unspecified atom stereocenters. The van der Waals surface area contributed by atoms with Crippen molar-refractivity contribution in [1.82, 2.24) is 0 Å². The number of nitrogens with two attached hydrogens (primary N) is 1. The molecule has 88 valence electrons. The molecule has 5 heteroatoms. The van der Waals surface area contributed by atoms with Gasteiger partial charge in [-0.15, -0.1) is 0 Å². The molecule has 2 rings (SSSR count). The number of rotatable bonds is 2. The minimum Gasteiger partial charge on any atom is -0.506 e. The highest BCUT2D eigenvalue weighted by atomic mass is 35.5. The first-order valence-corrected chi connectivity index (χ1v) is 5.54. The van der Waals surface area contributed by atoms with Crippen LogP contribution >= 0.6 is 11.6 Å². The molecule has 0 radical (unpaired) electrons. The van der Waals surface area contributed by atoms with Crippen LogP contribution in [0.25, 0.3) is 0 Å². The van der Waals surface area contributed by atoms with Gasteiger partial charge in [0.2, 0.25) is 0 Å². The molecule has 3 N–H and O–H groups in total. The Hall–Kier alpha value is -1.13. The van der Waals surface area contributed by atoms with E-state index < -0.39 is 0 Å². The van der Waals surface area contributed by atoms with Crippen LogP contribution in [0, 0.1) is 0 Å². The Labute approximate surface area is 98.9 Å². The monoisotopic (exact) mass is 243 g/mol. The Morgan fingerprint density at radius 2 is 2.19 bits per heavy atom. The summed E-state index contributed by atoms with van der Waals surface area (Å²) >= 11 is 6.06. The lowest BCUT2D eigenvalue weighted by Crippen LogP contribution is -2.19. The van der Waals surface area contributed by atoms with E-state index >= 15 is 0 Å². The largest absolute Gasteiger partial charge is 0.506 e. The van der Waals surface area contributed by atoms with Crippen LogP contribution in [-0.4, -0.2) is 24.9 Å². The quantitative estimate of drug-likeness (QED) is 0.833. The topological polar surface area (TPSA) is 64.7 Å². The second-order valence-electron chi connectivity index (χ2n) is 3.78. The molecule has 4 nitrogen and oxygen atoms in total. The van der Waals surface area contributed by atoms with Crippen molar-refractivity contribution in [1.29, 1.82) is 0 Å². The van der Waals surface area contributed by atoms with E-state index in [-0.39, 0.29) is 11.7 Å². The highest BCUT2D eigenvalue weighted by Gasteiger charge is 2.24. The van der Waals surface area contributed by atoms with Gasteiger partial charge in [0.05, 0.1) is 5.02 Å². The maximum absolute atomic E-state index is 9.69. The smallest absolute Gasteiger partial charge is 0.166 e. The van der Waals surface area contributed by atoms with Crippen molar-refractivity contribution in [2.24, 2.45) is 5.73 Å². The molecule has 0 bridgehead atoms.